The Bertz CT molecular complexity index is 4570. The minimum atomic E-state index is 0.317. The lowest BCUT2D eigenvalue weighted by Gasteiger charge is -2.21. The molecule has 3 heterocycles. The molecular formula is C68H30N12. The summed E-state index contributed by atoms with van der Waals surface area (Å²) in [5, 5.41) is 44.1. The van der Waals surface area contributed by atoms with E-state index in [9.17, 15) is 21.0 Å². The van der Waals surface area contributed by atoms with Crippen molar-refractivity contribution in [3.05, 3.63) is 262 Å². The first-order chi connectivity index (χ1) is 39.2. The van der Waals surface area contributed by atoms with Crippen molar-refractivity contribution in [2.24, 2.45) is 0 Å². The lowest BCUT2D eigenvalue weighted by atomic mass is 9.97. The molecule has 12 heteroatoms. The number of hydrogen-bond donors (Lipinski definition) is 0. The molecule has 0 saturated heterocycles. The van der Waals surface area contributed by atoms with E-state index in [-0.39, 0.29) is 0 Å². The molecule has 12 aromatic rings. The van der Waals surface area contributed by atoms with Gasteiger partial charge in [-0.3, -0.25) is 4.98 Å². The molecule has 362 valence electrons. The molecule has 0 fully saturated rings. The number of hydrogen-bond acceptors (Lipinski definition) is 5. The zero-order valence-electron chi connectivity index (χ0n) is 41.7. The Kier molecular flexibility index (Phi) is 11.7. The monoisotopic (exact) mass is 1010 g/mol. The number of nitriles is 4. The molecule has 12 nitrogen and oxygen atoms in total. The first-order valence-corrected chi connectivity index (χ1v) is 24.5. The van der Waals surface area contributed by atoms with E-state index in [0.717, 1.165) is 77.0 Å². The van der Waals surface area contributed by atoms with Crippen molar-refractivity contribution < 1.29 is 0 Å². The molecule has 0 N–H and O–H groups in total. The average molecular weight is 1020 g/mol. The van der Waals surface area contributed by atoms with Gasteiger partial charge in [0, 0.05) is 56.2 Å². The van der Waals surface area contributed by atoms with Crippen molar-refractivity contribution in [3.8, 4) is 91.3 Å². The van der Waals surface area contributed by atoms with Crippen LogP contribution < -0.4 is 0 Å². The third-order valence-corrected chi connectivity index (χ3v) is 14.4. The van der Waals surface area contributed by atoms with Gasteiger partial charge in [0.1, 0.15) is 0 Å². The van der Waals surface area contributed by atoms with Crippen LogP contribution in [0.4, 0.5) is 28.4 Å². The molecule has 3 aromatic heterocycles. The lowest BCUT2D eigenvalue weighted by Crippen LogP contribution is -2.05. The van der Waals surface area contributed by atoms with E-state index in [1.807, 2.05) is 97.1 Å². The Morgan fingerprint density at radius 3 is 1.12 bits per heavy atom. The van der Waals surface area contributed by atoms with E-state index in [2.05, 4.69) is 62.6 Å². The highest BCUT2D eigenvalue weighted by Gasteiger charge is 2.25. The summed E-state index contributed by atoms with van der Waals surface area (Å²) in [6.45, 7) is 39.5. The van der Waals surface area contributed by atoms with Gasteiger partial charge in [0.25, 0.3) is 0 Å². The third kappa shape index (κ3) is 7.82. The summed E-state index contributed by atoms with van der Waals surface area (Å²) in [7, 11) is 0. The minimum absolute atomic E-state index is 0.317. The van der Waals surface area contributed by atoms with Gasteiger partial charge in [-0.15, -0.1) is 0 Å². The normalized spacial score (nSPS) is 10.6. The minimum Gasteiger partial charge on any atom is -0.308 e. The first-order valence-electron chi connectivity index (χ1n) is 24.5. The zero-order chi connectivity index (χ0) is 55.2. The van der Waals surface area contributed by atoms with Crippen LogP contribution in [0, 0.1) is 78.2 Å². The highest BCUT2D eigenvalue weighted by Crippen LogP contribution is 2.47. The molecule has 12 rings (SSSR count). The van der Waals surface area contributed by atoms with E-state index in [1.165, 1.54) is 0 Å². The Morgan fingerprint density at radius 1 is 0.338 bits per heavy atom. The van der Waals surface area contributed by atoms with Gasteiger partial charge in [-0.1, -0.05) is 66.7 Å². The maximum atomic E-state index is 11.1. The second-order valence-electron chi connectivity index (χ2n) is 18.6. The van der Waals surface area contributed by atoms with Crippen LogP contribution in [0.1, 0.15) is 22.3 Å². The van der Waals surface area contributed by atoms with E-state index >= 15 is 0 Å². The van der Waals surface area contributed by atoms with Gasteiger partial charge in [-0.25, -0.2) is 24.2 Å². The average Bonchev–Trinajstić information content (AvgIpc) is 4.23. The second-order valence-corrected chi connectivity index (χ2v) is 18.6. The van der Waals surface area contributed by atoms with Gasteiger partial charge in [0.05, 0.1) is 96.1 Å². The highest BCUT2D eigenvalue weighted by atomic mass is 15.0. The van der Waals surface area contributed by atoms with Gasteiger partial charge in [-0.2, -0.15) is 21.0 Å². The summed E-state index contributed by atoms with van der Waals surface area (Å²) in [4.78, 5) is 23.0. The molecule has 0 unspecified atom stereocenters. The predicted octanol–water partition coefficient (Wildman–Crippen LogP) is 17.9. The van der Waals surface area contributed by atoms with Crippen molar-refractivity contribution in [2.45, 2.75) is 0 Å². The zero-order valence-corrected chi connectivity index (χ0v) is 41.7. The number of fused-ring (bicyclic) bond motifs is 6. The fourth-order valence-corrected chi connectivity index (χ4v) is 10.8. The Balaban J connectivity index is 1.19. The largest absolute Gasteiger partial charge is 0.308 e. The van der Waals surface area contributed by atoms with E-state index in [1.54, 1.807) is 85.2 Å². The molecule has 9 aromatic carbocycles. The van der Waals surface area contributed by atoms with Crippen LogP contribution in [0.3, 0.4) is 0 Å². The second kappa shape index (κ2) is 19.4. The molecule has 0 atom stereocenters. The summed E-state index contributed by atoms with van der Waals surface area (Å²) in [6, 6.07) is 60.6. The van der Waals surface area contributed by atoms with Crippen LogP contribution in [0.25, 0.3) is 135 Å². The van der Waals surface area contributed by atoms with Crippen LogP contribution in [0.5, 0.6) is 0 Å². The Labute approximate surface area is 457 Å². The standard InChI is InChI=1S/C68H30N12/c1-73-49-12-16-51(48(30-49)39-72)44-8-18-62-55(31-44)56-34-47(54-17-13-50(74-2)35-61(54)77-5)11-21-63(56)79(62)66-28-42(38-71)29-67(68(66)43-22-24-78-25-23-43)80-64-19-9-45(52-14-6-40(36-69)26-59(52)75-3)32-57(64)58-33-46(10-20-65(58)80)53-15-7-41(37-70)27-60(53)76-4/h6-35H. The van der Waals surface area contributed by atoms with E-state index < -0.39 is 0 Å². The molecule has 0 bridgehead atoms. The van der Waals surface area contributed by atoms with Crippen molar-refractivity contribution in [2.75, 3.05) is 0 Å². The van der Waals surface area contributed by atoms with Gasteiger partial charge >= 0.3 is 0 Å². The van der Waals surface area contributed by atoms with E-state index in [0.29, 0.717) is 84.3 Å². The summed E-state index contributed by atoms with van der Waals surface area (Å²) in [6.07, 6.45) is 3.44. The maximum absolute atomic E-state index is 11.1. The number of rotatable bonds is 7. The van der Waals surface area contributed by atoms with Crippen molar-refractivity contribution in [1.82, 2.24) is 14.1 Å². The topological polar surface area (TPSA) is 140 Å². The third-order valence-electron chi connectivity index (χ3n) is 14.4. The Hall–Kier alpha value is -12.9. The first kappa shape index (κ1) is 48.1. The van der Waals surface area contributed by atoms with Gasteiger partial charge in [0.15, 0.2) is 28.4 Å². The van der Waals surface area contributed by atoms with Crippen LogP contribution in [-0.2, 0) is 0 Å². The molecule has 0 amide bonds. The smallest absolute Gasteiger partial charge is 0.196 e. The molecule has 0 spiro atoms. The van der Waals surface area contributed by atoms with Crippen molar-refractivity contribution in [1.29, 1.82) is 21.0 Å². The Morgan fingerprint density at radius 2 is 0.725 bits per heavy atom. The van der Waals surface area contributed by atoms with Crippen molar-refractivity contribution in [3.63, 3.8) is 0 Å². The number of benzene rings is 9. The van der Waals surface area contributed by atoms with Crippen molar-refractivity contribution >= 4 is 72.0 Å². The molecule has 0 radical (unpaired) electrons. The van der Waals surface area contributed by atoms with Crippen LogP contribution in [0.2, 0.25) is 0 Å². The molecule has 0 aliphatic carbocycles. The molecular weight excluding hydrogens is 985 g/mol. The quantitative estimate of drug-likeness (QED) is 0.146. The fraction of sp³-hybridized carbons (Fsp3) is 0. The fourth-order valence-electron chi connectivity index (χ4n) is 10.8. The number of pyridine rings is 1. The lowest BCUT2D eigenvalue weighted by molar-refractivity contribution is 1.13. The van der Waals surface area contributed by atoms with Crippen LogP contribution >= 0.6 is 0 Å². The molecule has 0 aliphatic rings. The van der Waals surface area contributed by atoms with Crippen LogP contribution in [0.15, 0.2) is 182 Å². The maximum Gasteiger partial charge on any atom is 0.196 e. The van der Waals surface area contributed by atoms with Gasteiger partial charge < -0.3 is 9.13 Å². The summed E-state index contributed by atoms with van der Waals surface area (Å²) >= 11 is 0. The summed E-state index contributed by atoms with van der Waals surface area (Å²) in [5.41, 5.74) is 14.4. The molecule has 80 heavy (non-hydrogen) atoms. The highest BCUT2D eigenvalue weighted by molar-refractivity contribution is 6.15. The molecule has 0 aliphatic heterocycles. The number of aromatic nitrogens is 3. The van der Waals surface area contributed by atoms with Gasteiger partial charge in [0.2, 0.25) is 0 Å². The summed E-state index contributed by atoms with van der Waals surface area (Å²) in [5.74, 6) is 0. The summed E-state index contributed by atoms with van der Waals surface area (Å²) < 4.78 is 4.25. The van der Waals surface area contributed by atoms with Gasteiger partial charge in [-0.05, 0) is 153 Å². The van der Waals surface area contributed by atoms with Crippen LogP contribution in [-0.4, -0.2) is 14.1 Å². The SMILES string of the molecule is [C-]#[N+]c1ccc(-c2ccc3c(c2)c2cc(-c4ccc([N+]#[C-])cc4[N+]#[C-])ccc2n3-c2cc(C#N)cc(-n3c4ccc(-c5ccc(C#N)cc5[N+]#[C-])cc4c4cc(-c5ccc(C#N)cc5[N+]#[C-])ccc43)c2-c2ccncc2)c(C#N)c1. The number of nitrogens with zero attached hydrogens (tertiary/aromatic N) is 12. The molecule has 0 saturated carbocycles. The predicted molar refractivity (Wildman–Crippen MR) is 310 cm³/mol. The van der Waals surface area contributed by atoms with E-state index in [4.69, 9.17) is 32.9 Å².